The number of carbonyl (C=O) groups excluding carboxylic acids is 1. The van der Waals surface area contributed by atoms with Crippen LogP contribution in [0.2, 0.25) is 0 Å². The fraction of sp³-hybridized carbons (Fsp3) is 0.111. The summed E-state index contributed by atoms with van der Waals surface area (Å²) in [4.78, 5) is 24.8. The van der Waals surface area contributed by atoms with Crippen LogP contribution >= 0.6 is 11.3 Å². The average molecular weight is 325 g/mol. The van der Waals surface area contributed by atoms with E-state index in [1.807, 2.05) is 42.5 Å². The first kappa shape index (κ1) is 15.2. The van der Waals surface area contributed by atoms with Crippen LogP contribution in [0.15, 0.2) is 59.4 Å². The third-order valence-corrected chi connectivity index (χ3v) is 4.45. The van der Waals surface area contributed by atoms with E-state index in [1.54, 1.807) is 19.2 Å². The van der Waals surface area contributed by atoms with Crippen molar-refractivity contribution in [3.63, 3.8) is 0 Å². The van der Waals surface area contributed by atoms with Gasteiger partial charge in [0.15, 0.2) is 0 Å². The van der Waals surface area contributed by atoms with Crippen molar-refractivity contribution < 1.29 is 9.53 Å². The Kier molecular flexibility index (Phi) is 4.39. The quantitative estimate of drug-likeness (QED) is 0.801. The molecule has 0 aliphatic carbocycles. The molecule has 0 fully saturated rings. The van der Waals surface area contributed by atoms with E-state index in [-0.39, 0.29) is 10.6 Å². The molecule has 0 aliphatic rings. The highest BCUT2D eigenvalue weighted by molar-refractivity contribution is 7.12. The van der Waals surface area contributed by atoms with Crippen LogP contribution in [0.5, 0.6) is 5.75 Å². The number of benzene rings is 2. The van der Waals surface area contributed by atoms with Gasteiger partial charge in [0.25, 0.3) is 5.91 Å². The fourth-order valence-electron chi connectivity index (χ4n) is 2.36. The van der Waals surface area contributed by atoms with Gasteiger partial charge in [-0.3, -0.25) is 9.59 Å². The summed E-state index contributed by atoms with van der Waals surface area (Å²) in [6.07, 6.45) is 0. The van der Waals surface area contributed by atoms with Gasteiger partial charge in [0.1, 0.15) is 5.75 Å². The Labute approximate surface area is 137 Å². The maximum atomic E-state index is 12.3. The third kappa shape index (κ3) is 3.24. The van der Waals surface area contributed by atoms with Crippen molar-refractivity contribution in [1.29, 1.82) is 0 Å². The number of rotatable bonds is 4. The van der Waals surface area contributed by atoms with E-state index in [0.717, 1.165) is 28.0 Å². The number of carbonyl (C=O) groups is 1. The Bertz CT molecular complexity index is 917. The lowest BCUT2D eigenvalue weighted by Crippen LogP contribution is -2.23. The normalized spacial score (nSPS) is 10.5. The zero-order chi connectivity index (χ0) is 16.2. The summed E-state index contributed by atoms with van der Waals surface area (Å²) in [5, 5.41) is 4.25. The Hall–Kier alpha value is -2.66. The number of fused-ring (bicyclic) bond motifs is 1. The lowest BCUT2D eigenvalue weighted by Gasteiger charge is -2.09. The van der Waals surface area contributed by atoms with Gasteiger partial charge < -0.3 is 10.1 Å². The van der Waals surface area contributed by atoms with Crippen LogP contribution in [0, 0.1) is 0 Å². The molecule has 5 heteroatoms. The summed E-state index contributed by atoms with van der Waals surface area (Å²) < 4.78 is 5.16. The summed E-state index contributed by atoms with van der Waals surface area (Å²) in [7, 11) is 1.59. The summed E-state index contributed by atoms with van der Waals surface area (Å²) in [6.45, 7) is 0.344. The number of para-hydroxylation sites is 1. The molecule has 1 amide bonds. The highest BCUT2D eigenvalue weighted by atomic mass is 32.1. The van der Waals surface area contributed by atoms with Crippen LogP contribution in [0.1, 0.15) is 15.2 Å². The lowest BCUT2D eigenvalue weighted by molar-refractivity contribution is 0.0954. The van der Waals surface area contributed by atoms with E-state index in [2.05, 4.69) is 5.32 Å². The van der Waals surface area contributed by atoms with Gasteiger partial charge in [0, 0.05) is 17.5 Å². The molecule has 0 unspecified atom stereocenters. The van der Waals surface area contributed by atoms with Crippen molar-refractivity contribution in [2.45, 2.75) is 6.54 Å². The van der Waals surface area contributed by atoms with Gasteiger partial charge >= 0.3 is 0 Å². The minimum atomic E-state index is -0.260. The zero-order valence-electron chi connectivity index (χ0n) is 12.5. The van der Waals surface area contributed by atoms with E-state index in [9.17, 15) is 9.59 Å². The first-order valence-electron chi connectivity index (χ1n) is 7.12. The summed E-state index contributed by atoms with van der Waals surface area (Å²) in [5.74, 6) is 0.461. The highest BCUT2D eigenvalue weighted by Crippen LogP contribution is 2.18. The van der Waals surface area contributed by atoms with Crippen LogP contribution < -0.4 is 14.8 Å². The number of methoxy groups -OCH3 is 1. The predicted molar refractivity (Wildman–Crippen MR) is 92.3 cm³/mol. The van der Waals surface area contributed by atoms with Crippen molar-refractivity contribution in [2.24, 2.45) is 0 Å². The molecule has 3 aromatic rings. The van der Waals surface area contributed by atoms with E-state index in [1.165, 1.54) is 0 Å². The van der Waals surface area contributed by atoms with Gasteiger partial charge in [-0.25, -0.2) is 0 Å². The van der Waals surface area contributed by atoms with Crippen molar-refractivity contribution >= 4 is 28.0 Å². The minimum Gasteiger partial charge on any atom is -0.496 e. The molecule has 23 heavy (non-hydrogen) atoms. The van der Waals surface area contributed by atoms with Crippen LogP contribution in [-0.2, 0) is 6.54 Å². The lowest BCUT2D eigenvalue weighted by atomic mass is 10.2. The van der Waals surface area contributed by atoms with Gasteiger partial charge in [0.2, 0.25) is 4.74 Å². The molecule has 1 heterocycles. The molecular weight excluding hydrogens is 310 g/mol. The van der Waals surface area contributed by atoms with Crippen LogP contribution in [0.25, 0.3) is 10.8 Å². The number of ether oxygens (including phenoxy) is 1. The van der Waals surface area contributed by atoms with Gasteiger partial charge in [-0.1, -0.05) is 47.7 Å². The molecule has 116 valence electrons. The van der Waals surface area contributed by atoms with Crippen molar-refractivity contribution in [3.8, 4) is 5.75 Å². The Morgan fingerprint density at radius 3 is 2.70 bits per heavy atom. The molecule has 0 atom stereocenters. The molecule has 0 bridgehead atoms. The standard InChI is InChI=1S/C18H15NO3S/c1-22-15-9-5-3-7-13(15)11-19-17(20)16-10-12-6-2-4-8-14(12)18(21)23-16/h2-10H,11H2,1H3,(H,19,20). The summed E-state index contributed by atoms with van der Waals surface area (Å²) >= 11 is 0.961. The second-order valence-corrected chi connectivity index (χ2v) is 5.99. The minimum absolute atomic E-state index is 0.106. The molecular formula is C18H15NO3S. The topological polar surface area (TPSA) is 55.4 Å². The first-order chi connectivity index (χ1) is 11.2. The third-order valence-electron chi connectivity index (χ3n) is 3.53. The van der Waals surface area contributed by atoms with Gasteiger partial charge in [-0.2, -0.15) is 0 Å². The zero-order valence-corrected chi connectivity index (χ0v) is 13.4. The van der Waals surface area contributed by atoms with E-state index in [0.29, 0.717) is 16.8 Å². The number of nitrogens with one attached hydrogen (secondary N) is 1. The summed E-state index contributed by atoms with van der Waals surface area (Å²) in [6, 6.07) is 16.5. The second kappa shape index (κ2) is 6.62. The monoisotopic (exact) mass is 325 g/mol. The van der Waals surface area contributed by atoms with Gasteiger partial charge in [-0.05, 0) is 23.6 Å². The average Bonchev–Trinajstić information content (AvgIpc) is 2.59. The Morgan fingerprint density at radius 1 is 1.13 bits per heavy atom. The van der Waals surface area contributed by atoms with E-state index < -0.39 is 0 Å². The molecule has 3 rings (SSSR count). The number of hydrogen-bond acceptors (Lipinski definition) is 4. The van der Waals surface area contributed by atoms with E-state index >= 15 is 0 Å². The predicted octanol–water partition coefficient (Wildman–Crippen LogP) is 3.20. The molecule has 0 spiro atoms. The SMILES string of the molecule is COc1ccccc1CNC(=O)c1cc2ccccc2c(=O)s1. The molecule has 0 saturated heterocycles. The fourth-order valence-corrected chi connectivity index (χ4v) is 3.20. The van der Waals surface area contributed by atoms with Gasteiger partial charge in [-0.15, -0.1) is 0 Å². The summed E-state index contributed by atoms with van der Waals surface area (Å²) in [5.41, 5.74) is 0.886. The Morgan fingerprint density at radius 2 is 1.87 bits per heavy atom. The number of amides is 1. The second-order valence-electron chi connectivity index (χ2n) is 4.98. The maximum Gasteiger partial charge on any atom is 0.261 e. The molecule has 4 nitrogen and oxygen atoms in total. The van der Waals surface area contributed by atoms with Crippen LogP contribution in [-0.4, -0.2) is 13.0 Å². The number of hydrogen-bond donors (Lipinski definition) is 1. The van der Waals surface area contributed by atoms with Gasteiger partial charge in [0.05, 0.1) is 12.0 Å². The van der Waals surface area contributed by atoms with E-state index in [4.69, 9.17) is 4.74 Å². The smallest absolute Gasteiger partial charge is 0.261 e. The van der Waals surface area contributed by atoms with Crippen LogP contribution in [0.4, 0.5) is 0 Å². The largest absolute Gasteiger partial charge is 0.496 e. The van der Waals surface area contributed by atoms with Crippen molar-refractivity contribution in [2.75, 3.05) is 7.11 Å². The highest BCUT2D eigenvalue weighted by Gasteiger charge is 2.11. The maximum absolute atomic E-state index is 12.3. The molecule has 0 aliphatic heterocycles. The Balaban J connectivity index is 1.82. The van der Waals surface area contributed by atoms with Crippen LogP contribution in [0.3, 0.4) is 0 Å². The first-order valence-corrected chi connectivity index (χ1v) is 7.93. The molecule has 2 aromatic carbocycles. The molecule has 0 radical (unpaired) electrons. The molecule has 1 aromatic heterocycles. The van der Waals surface area contributed by atoms with Crippen molar-refractivity contribution in [3.05, 3.63) is 74.6 Å². The van der Waals surface area contributed by atoms with Crippen molar-refractivity contribution in [1.82, 2.24) is 5.32 Å². The molecule has 1 N–H and O–H groups in total. The molecule has 0 saturated carbocycles.